The maximum absolute atomic E-state index is 11.6. The normalized spacial score (nSPS) is 9.94. The molecule has 0 unspecified atom stereocenters. The smallest absolute Gasteiger partial charge is 0.226 e. The van der Waals surface area contributed by atoms with Crippen LogP contribution in [0.25, 0.3) is 0 Å². The van der Waals surface area contributed by atoms with Crippen LogP contribution in [0.5, 0.6) is 0 Å². The van der Waals surface area contributed by atoms with Gasteiger partial charge in [-0.25, -0.2) is 0 Å². The number of anilines is 1. The molecule has 0 aliphatic heterocycles. The molecule has 0 radical (unpaired) electrons. The van der Waals surface area contributed by atoms with Gasteiger partial charge in [-0.15, -0.1) is 0 Å². The molecule has 92 valence electrons. The minimum Gasteiger partial charge on any atom is -0.469 e. The number of aromatic nitrogens is 2. The molecule has 0 aliphatic rings. The number of aryl methyl sites for hydroxylation is 1. The van der Waals surface area contributed by atoms with Crippen molar-refractivity contribution in [2.75, 3.05) is 5.32 Å². The molecule has 0 bridgehead atoms. The quantitative estimate of drug-likeness (QED) is 0.865. The van der Waals surface area contributed by atoms with Crippen molar-refractivity contribution >= 4 is 11.7 Å². The molecule has 18 heavy (non-hydrogen) atoms. The average molecular weight is 244 g/mol. The molecule has 6 nitrogen and oxygen atoms in total. The number of furan rings is 1. The standard InChI is InChI=1S/C12H12N4O2/c13-6-8-16-7-5-11(15-16)14-12(17)4-3-10-2-1-9-18-10/h1-2,5,7,9H,3-4,8H2,(H,14,15,17). The van der Waals surface area contributed by atoms with Crippen LogP contribution in [-0.4, -0.2) is 15.7 Å². The summed E-state index contributed by atoms with van der Waals surface area (Å²) in [6.07, 6.45) is 4.11. The van der Waals surface area contributed by atoms with Crippen LogP contribution in [0.4, 0.5) is 5.82 Å². The van der Waals surface area contributed by atoms with E-state index in [0.717, 1.165) is 5.76 Å². The van der Waals surface area contributed by atoms with E-state index >= 15 is 0 Å². The van der Waals surface area contributed by atoms with Gasteiger partial charge in [0.1, 0.15) is 12.3 Å². The minimum atomic E-state index is -0.131. The van der Waals surface area contributed by atoms with Crippen LogP contribution in [0, 0.1) is 11.3 Å². The predicted octanol–water partition coefficient (Wildman–Crippen LogP) is 1.57. The van der Waals surface area contributed by atoms with Gasteiger partial charge in [-0.05, 0) is 12.1 Å². The predicted molar refractivity (Wildman–Crippen MR) is 63.5 cm³/mol. The molecule has 0 aromatic carbocycles. The maximum atomic E-state index is 11.6. The Morgan fingerprint density at radius 1 is 1.56 bits per heavy atom. The van der Waals surface area contributed by atoms with Crippen molar-refractivity contribution in [1.29, 1.82) is 5.26 Å². The van der Waals surface area contributed by atoms with Gasteiger partial charge in [0.15, 0.2) is 5.82 Å². The number of hydrogen-bond acceptors (Lipinski definition) is 4. The summed E-state index contributed by atoms with van der Waals surface area (Å²) in [6.45, 7) is 0.169. The summed E-state index contributed by atoms with van der Waals surface area (Å²) in [5, 5.41) is 15.2. The van der Waals surface area contributed by atoms with Crippen molar-refractivity contribution in [1.82, 2.24) is 9.78 Å². The minimum absolute atomic E-state index is 0.131. The van der Waals surface area contributed by atoms with Crippen LogP contribution in [0.3, 0.4) is 0 Å². The van der Waals surface area contributed by atoms with Gasteiger partial charge in [-0.2, -0.15) is 10.4 Å². The fourth-order valence-corrected chi connectivity index (χ4v) is 1.49. The van der Waals surface area contributed by atoms with E-state index in [4.69, 9.17) is 9.68 Å². The number of nitriles is 1. The molecule has 0 spiro atoms. The summed E-state index contributed by atoms with van der Waals surface area (Å²) in [5.41, 5.74) is 0. The van der Waals surface area contributed by atoms with E-state index in [1.807, 2.05) is 12.1 Å². The molecular formula is C12H12N4O2. The largest absolute Gasteiger partial charge is 0.469 e. The van der Waals surface area contributed by atoms with Crippen LogP contribution >= 0.6 is 0 Å². The van der Waals surface area contributed by atoms with Crippen molar-refractivity contribution < 1.29 is 9.21 Å². The zero-order valence-electron chi connectivity index (χ0n) is 9.67. The number of nitrogens with one attached hydrogen (secondary N) is 1. The van der Waals surface area contributed by atoms with E-state index in [-0.39, 0.29) is 12.5 Å². The van der Waals surface area contributed by atoms with Crippen LogP contribution < -0.4 is 5.32 Å². The van der Waals surface area contributed by atoms with Crippen molar-refractivity contribution in [2.24, 2.45) is 0 Å². The Morgan fingerprint density at radius 3 is 3.17 bits per heavy atom. The highest BCUT2D eigenvalue weighted by Gasteiger charge is 2.06. The molecular weight excluding hydrogens is 232 g/mol. The second-order valence-electron chi connectivity index (χ2n) is 3.68. The topological polar surface area (TPSA) is 83.9 Å². The first-order valence-electron chi connectivity index (χ1n) is 5.50. The Morgan fingerprint density at radius 2 is 2.44 bits per heavy atom. The van der Waals surface area contributed by atoms with Crippen LogP contribution in [-0.2, 0) is 17.8 Å². The third kappa shape index (κ3) is 3.22. The average Bonchev–Trinajstić information content (AvgIpc) is 2.99. The van der Waals surface area contributed by atoms with Gasteiger partial charge < -0.3 is 9.73 Å². The number of hydrogen-bond donors (Lipinski definition) is 1. The Kier molecular flexibility index (Phi) is 3.76. The second-order valence-corrected chi connectivity index (χ2v) is 3.68. The molecule has 1 amide bonds. The summed E-state index contributed by atoms with van der Waals surface area (Å²) >= 11 is 0. The van der Waals surface area contributed by atoms with Gasteiger partial charge in [-0.3, -0.25) is 9.48 Å². The lowest BCUT2D eigenvalue weighted by Crippen LogP contribution is -2.13. The van der Waals surface area contributed by atoms with Gasteiger partial charge in [0.2, 0.25) is 5.91 Å². The van der Waals surface area contributed by atoms with Crippen LogP contribution in [0.2, 0.25) is 0 Å². The summed E-state index contributed by atoms with van der Waals surface area (Å²) in [7, 11) is 0. The van der Waals surface area contributed by atoms with Gasteiger partial charge in [0, 0.05) is 25.1 Å². The number of carbonyl (C=O) groups is 1. The van der Waals surface area contributed by atoms with E-state index in [9.17, 15) is 4.79 Å². The van der Waals surface area contributed by atoms with E-state index in [2.05, 4.69) is 10.4 Å². The number of amides is 1. The lowest BCUT2D eigenvalue weighted by molar-refractivity contribution is -0.116. The molecule has 0 aliphatic carbocycles. The Balaban J connectivity index is 1.81. The fraction of sp³-hybridized carbons (Fsp3) is 0.250. The van der Waals surface area contributed by atoms with Crippen LogP contribution in [0.1, 0.15) is 12.2 Å². The first kappa shape index (κ1) is 11.9. The Labute approximate surface area is 104 Å². The third-order valence-corrected chi connectivity index (χ3v) is 2.32. The molecule has 0 saturated heterocycles. The second kappa shape index (κ2) is 5.68. The summed E-state index contributed by atoms with van der Waals surface area (Å²) in [4.78, 5) is 11.6. The van der Waals surface area contributed by atoms with E-state index in [1.54, 1.807) is 24.6 Å². The van der Waals surface area contributed by atoms with E-state index in [0.29, 0.717) is 18.7 Å². The molecule has 0 fully saturated rings. The first-order chi connectivity index (χ1) is 8.78. The Hall–Kier alpha value is -2.55. The zero-order chi connectivity index (χ0) is 12.8. The molecule has 2 heterocycles. The van der Waals surface area contributed by atoms with Gasteiger partial charge >= 0.3 is 0 Å². The Bertz CT molecular complexity index is 551. The maximum Gasteiger partial charge on any atom is 0.226 e. The monoisotopic (exact) mass is 244 g/mol. The van der Waals surface area contributed by atoms with Gasteiger partial charge in [0.25, 0.3) is 0 Å². The molecule has 2 aromatic heterocycles. The lowest BCUT2D eigenvalue weighted by atomic mass is 10.2. The van der Waals surface area contributed by atoms with E-state index in [1.165, 1.54) is 4.68 Å². The van der Waals surface area contributed by atoms with Crippen molar-refractivity contribution in [2.45, 2.75) is 19.4 Å². The molecule has 2 rings (SSSR count). The lowest BCUT2D eigenvalue weighted by Gasteiger charge is -2.00. The summed E-state index contributed by atoms with van der Waals surface area (Å²) in [6, 6.07) is 7.24. The number of rotatable bonds is 5. The summed E-state index contributed by atoms with van der Waals surface area (Å²) in [5.74, 6) is 1.10. The first-order valence-corrected chi connectivity index (χ1v) is 5.50. The van der Waals surface area contributed by atoms with Gasteiger partial charge in [0.05, 0.1) is 12.3 Å². The van der Waals surface area contributed by atoms with Crippen LogP contribution in [0.15, 0.2) is 35.1 Å². The van der Waals surface area contributed by atoms with Crippen molar-refractivity contribution in [3.05, 3.63) is 36.4 Å². The molecule has 0 atom stereocenters. The SMILES string of the molecule is N#CCn1ccc(NC(=O)CCc2ccco2)n1. The number of carbonyl (C=O) groups excluding carboxylic acids is 1. The van der Waals surface area contributed by atoms with Crippen molar-refractivity contribution in [3.63, 3.8) is 0 Å². The molecule has 6 heteroatoms. The highest BCUT2D eigenvalue weighted by Crippen LogP contribution is 2.06. The third-order valence-electron chi connectivity index (χ3n) is 2.32. The fourth-order valence-electron chi connectivity index (χ4n) is 1.49. The summed E-state index contributed by atoms with van der Waals surface area (Å²) < 4.78 is 6.59. The molecule has 0 saturated carbocycles. The van der Waals surface area contributed by atoms with E-state index < -0.39 is 0 Å². The van der Waals surface area contributed by atoms with Crippen molar-refractivity contribution in [3.8, 4) is 6.07 Å². The highest BCUT2D eigenvalue weighted by molar-refractivity contribution is 5.89. The molecule has 2 aromatic rings. The highest BCUT2D eigenvalue weighted by atomic mass is 16.3. The van der Waals surface area contributed by atoms with Gasteiger partial charge in [-0.1, -0.05) is 0 Å². The zero-order valence-corrected chi connectivity index (χ0v) is 9.67. The number of nitrogens with zero attached hydrogens (tertiary/aromatic N) is 3. The molecule has 1 N–H and O–H groups in total.